The van der Waals surface area contributed by atoms with E-state index in [0.29, 0.717) is 11.8 Å². The van der Waals surface area contributed by atoms with Crippen LogP contribution in [0, 0.1) is 19.7 Å². The highest BCUT2D eigenvalue weighted by Crippen LogP contribution is 2.21. The molecule has 2 aromatic rings. The third kappa shape index (κ3) is 3.25. The Kier molecular flexibility index (Phi) is 4.78. The molecular weight excluding hydrogens is 307 g/mol. The molecule has 1 saturated heterocycles. The molecule has 1 N–H and O–H groups in total. The van der Waals surface area contributed by atoms with Gasteiger partial charge in [-0.1, -0.05) is 0 Å². The van der Waals surface area contributed by atoms with E-state index in [-0.39, 0.29) is 0 Å². The molecule has 0 bridgehead atoms. The molecular formula is C17H23FN6. The van der Waals surface area contributed by atoms with Gasteiger partial charge >= 0.3 is 0 Å². The van der Waals surface area contributed by atoms with Crippen LogP contribution in [-0.4, -0.2) is 33.8 Å². The summed E-state index contributed by atoms with van der Waals surface area (Å²) in [5, 5.41) is 4.20. The largest absolute Gasteiger partial charge is 0.354 e. The van der Waals surface area contributed by atoms with Gasteiger partial charge in [0.15, 0.2) is 11.6 Å². The number of nitrogens with zero attached hydrogens (tertiary/aromatic N) is 5. The second-order valence-corrected chi connectivity index (χ2v) is 6.00. The molecule has 7 heteroatoms. The van der Waals surface area contributed by atoms with Gasteiger partial charge in [-0.25, -0.2) is 14.8 Å². The van der Waals surface area contributed by atoms with Crippen LogP contribution in [0.15, 0.2) is 17.4 Å². The van der Waals surface area contributed by atoms with Crippen molar-refractivity contribution in [1.29, 1.82) is 0 Å². The maximum Gasteiger partial charge on any atom is 0.245 e. The summed E-state index contributed by atoms with van der Waals surface area (Å²) >= 11 is 0. The minimum Gasteiger partial charge on any atom is -0.354 e. The first-order chi connectivity index (χ1) is 11.6. The van der Waals surface area contributed by atoms with Crippen molar-refractivity contribution in [3.8, 4) is 0 Å². The van der Waals surface area contributed by atoms with Crippen molar-refractivity contribution in [2.45, 2.75) is 40.2 Å². The van der Waals surface area contributed by atoms with Crippen molar-refractivity contribution in [3.05, 3.63) is 35.0 Å². The van der Waals surface area contributed by atoms with E-state index in [1.165, 1.54) is 17.6 Å². The molecule has 0 spiro atoms. The van der Waals surface area contributed by atoms with E-state index in [1.54, 1.807) is 6.21 Å². The van der Waals surface area contributed by atoms with E-state index in [0.717, 1.165) is 38.0 Å². The lowest BCUT2D eigenvalue weighted by molar-refractivity contribution is 0.608. The number of hydrogen-bond acceptors (Lipinski definition) is 5. The Hall–Kier alpha value is -2.44. The van der Waals surface area contributed by atoms with E-state index in [4.69, 9.17) is 0 Å². The number of anilines is 2. The topological polar surface area (TPSA) is 58.3 Å². The lowest BCUT2D eigenvalue weighted by atomic mass is 10.3. The number of hydrogen-bond donors (Lipinski definition) is 1. The van der Waals surface area contributed by atoms with Crippen molar-refractivity contribution in [2.75, 3.05) is 23.4 Å². The predicted octanol–water partition coefficient (Wildman–Crippen LogP) is 3.10. The van der Waals surface area contributed by atoms with Gasteiger partial charge in [-0.3, -0.25) is 0 Å². The molecule has 1 aliphatic heterocycles. The van der Waals surface area contributed by atoms with Crippen LogP contribution in [0.1, 0.15) is 36.7 Å². The fraction of sp³-hybridized carbons (Fsp3) is 0.471. The average Bonchev–Trinajstić information content (AvgIpc) is 3.18. The molecule has 1 fully saturated rings. The lowest BCUT2D eigenvalue weighted by Crippen LogP contribution is -2.21. The summed E-state index contributed by atoms with van der Waals surface area (Å²) in [7, 11) is 0. The first kappa shape index (κ1) is 16.4. The van der Waals surface area contributed by atoms with Crippen molar-refractivity contribution in [2.24, 2.45) is 5.10 Å². The standard InChI is InChI=1S/C17H23FN6/c1-4-24-12(2)9-14(13(24)3)10-20-22-17-19-11-15(18)16(21-17)23-7-5-6-8-23/h9-11H,4-8H2,1-3H3,(H,19,21,22)/b20-10-. The molecule has 3 rings (SSSR count). The highest BCUT2D eigenvalue weighted by molar-refractivity contribution is 5.82. The predicted molar refractivity (Wildman–Crippen MR) is 94.2 cm³/mol. The summed E-state index contributed by atoms with van der Waals surface area (Å²) in [6, 6.07) is 2.09. The molecule has 3 heterocycles. The number of rotatable bonds is 5. The average molecular weight is 330 g/mol. The Labute approximate surface area is 141 Å². The van der Waals surface area contributed by atoms with Gasteiger partial charge in [0.05, 0.1) is 12.4 Å². The van der Waals surface area contributed by atoms with Gasteiger partial charge in [0.25, 0.3) is 0 Å². The Bertz CT molecular complexity index is 746. The molecule has 6 nitrogen and oxygen atoms in total. The number of aromatic nitrogens is 3. The highest BCUT2D eigenvalue weighted by atomic mass is 19.1. The summed E-state index contributed by atoms with van der Waals surface area (Å²) in [5.74, 6) is 0.265. The third-order valence-electron chi connectivity index (χ3n) is 4.43. The Morgan fingerprint density at radius 1 is 1.33 bits per heavy atom. The monoisotopic (exact) mass is 330 g/mol. The molecule has 0 aliphatic carbocycles. The summed E-state index contributed by atoms with van der Waals surface area (Å²) in [6.45, 7) is 8.86. The van der Waals surface area contributed by atoms with Crippen molar-refractivity contribution in [1.82, 2.24) is 14.5 Å². The second-order valence-electron chi connectivity index (χ2n) is 6.00. The van der Waals surface area contributed by atoms with Crippen LogP contribution < -0.4 is 10.3 Å². The van der Waals surface area contributed by atoms with Crippen molar-refractivity contribution in [3.63, 3.8) is 0 Å². The summed E-state index contributed by atoms with van der Waals surface area (Å²) < 4.78 is 16.1. The molecule has 0 unspecified atom stereocenters. The number of aryl methyl sites for hydroxylation is 1. The Morgan fingerprint density at radius 2 is 2.08 bits per heavy atom. The molecule has 1 aliphatic rings. The third-order valence-corrected chi connectivity index (χ3v) is 4.43. The van der Waals surface area contributed by atoms with E-state index < -0.39 is 5.82 Å². The molecule has 24 heavy (non-hydrogen) atoms. The van der Waals surface area contributed by atoms with Crippen LogP contribution in [0.5, 0.6) is 0 Å². The number of halogens is 1. The maximum atomic E-state index is 13.9. The minimum absolute atomic E-state index is 0.304. The van der Waals surface area contributed by atoms with E-state index in [2.05, 4.69) is 51.9 Å². The smallest absolute Gasteiger partial charge is 0.245 e. The molecule has 0 saturated carbocycles. The number of hydrazone groups is 1. The van der Waals surface area contributed by atoms with Crippen LogP contribution in [0.2, 0.25) is 0 Å². The SMILES string of the molecule is CCn1c(C)cc(/C=N\Nc2ncc(F)c(N3CCCC3)n2)c1C. The zero-order valence-electron chi connectivity index (χ0n) is 14.4. The second kappa shape index (κ2) is 6.98. The number of nitrogens with one attached hydrogen (secondary N) is 1. The van der Waals surface area contributed by atoms with E-state index in [9.17, 15) is 4.39 Å². The Balaban J connectivity index is 1.73. The van der Waals surface area contributed by atoms with Crippen LogP contribution in [0.4, 0.5) is 16.2 Å². The van der Waals surface area contributed by atoms with Gasteiger partial charge in [-0.2, -0.15) is 10.1 Å². The van der Waals surface area contributed by atoms with Crippen LogP contribution in [-0.2, 0) is 6.54 Å². The minimum atomic E-state index is -0.391. The van der Waals surface area contributed by atoms with Crippen molar-refractivity contribution < 1.29 is 4.39 Å². The van der Waals surface area contributed by atoms with Gasteiger partial charge in [-0.05, 0) is 39.7 Å². The zero-order valence-corrected chi connectivity index (χ0v) is 14.4. The molecule has 128 valence electrons. The first-order valence-corrected chi connectivity index (χ1v) is 8.33. The van der Waals surface area contributed by atoms with E-state index in [1.807, 2.05) is 4.90 Å². The highest BCUT2D eigenvalue weighted by Gasteiger charge is 2.18. The molecule has 0 aromatic carbocycles. The summed E-state index contributed by atoms with van der Waals surface area (Å²) in [4.78, 5) is 10.2. The molecule has 0 atom stereocenters. The quantitative estimate of drug-likeness (QED) is 0.676. The van der Waals surface area contributed by atoms with Gasteiger partial charge in [0.1, 0.15) is 0 Å². The fourth-order valence-corrected chi connectivity index (χ4v) is 3.17. The summed E-state index contributed by atoms with van der Waals surface area (Å²) in [5.41, 5.74) is 6.21. The van der Waals surface area contributed by atoms with Gasteiger partial charge < -0.3 is 9.47 Å². The van der Waals surface area contributed by atoms with Crippen molar-refractivity contribution >= 4 is 18.0 Å². The normalized spacial score (nSPS) is 14.8. The maximum absolute atomic E-state index is 13.9. The molecule has 0 amide bonds. The zero-order chi connectivity index (χ0) is 17.1. The molecule has 2 aromatic heterocycles. The van der Waals surface area contributed by atoms with Crippen LogP contribution in [0.3, 0.4) is 0 Å². The van der Waals surface area contributed by atoms with Gasteiger partial charge in [0, 0.05) is 36.6 Å². The summed E-state index contributed by atoms with van der Waals surface area (Å²) in [6.07, 6.45) is 5.08. The van der Waals surface area contributed by atoms with Crippen LogP contribution in [0.25, 0.3) is 0 Å². The van der Waals surface area contributed by atoms with Gasteiger partial charge in [0.2, 0.25) is 5.95 Å². The Morgan fingerprint density at radius 3 is 2.75 bits per heavy atom. The molecule has 0 radical (unpaired) electrons. The van der Waals surface area contributed by atoms with E-state index >= 15 is 0 Å². The van der Waals surface area contributed by atoms with Crippen LogP contribution >= 0.6 is 0 Å². The fourth-order valence-electron chi connectivity index (χ4n) is 3.17. The van der Waals surface area contributed by atoms with Gasteiger partial charge in [-0.15, -0.1) is 0 Å². The first-order valence-electron chi connectivity index (χ1n) is 8.33. The lowest BCUT2D eigenvalue weighted by Gasteiger charge is -2.16.